The second-order valence-electron chi connectivity index (χ2n) is 9.26. The van der Waals surface area contributed by atoms with E-state index in [4.69, 9.17) is 14.5 Å². The second-order valence-corrected chi connectivity index (χ2v) is 10.3. The van der Waals surface area contributed by atoms with Crippen molar-refractivity contribution < 1.29 is 14.3 Å². The Kier molecular flexibility index (Phi) is 8.44. The molecule has 5 rings (SSSR count). The Morgan fingerprint density at radius 1 is 0.821 bits per heavy atom. The summed E-state index contributed by atoms with van der Waals surface area (Å²) in [7, 11) is 1.62. The number of benzene rings is 4. The minimum atomic E-state index is -0.0607. The molecule has 0 N–H and O–H groups in total. The number of thioether (sulfide) groups is 1. The third kappa shape index (κ3) is 6.78. The normalized spacial score (nSPS) is 15.2. The number of nitrogens with zero attached hydrogens (tertiary/aromatic N) is 2. The number of carbonyl (C=O) groups excluding carboxylic acids is 1. The predicted octanol–water partition coefficient (Wildman–Crippen LogP) is 7.26. The molecule has 1 saturated heterocycles. The van der Waals surface area contributed by atoms with Crippen molar-refractivity contribution in [1.29, 1.82) is 0 Å². The summed E-state index contributed by atoms with van der Waals surface area (Å²) in [5, 5.41) is 0.698. The molecule has 0 spiro atoms. The van der Waals surface area contributed by atoms with Crippen LogP contribution in [-0.2, 0) is 24.5 Å². The average Bonchev–Trinajstić information content (AvgIpc) is 3.25. The number of aliphatic imine (C=N–C) groups is 1. The predicted molar refractivity (Wildman–Crippen MR) is 159 cm³/mol. The first-order chi connectivity index (χ1) is 19.1. The fourth-order valence-corrected chi connectivity index (χ4v) is 5.26. The van der Waals surface area contributed by atoms with Gasteiger partial charge in [-0.3, -0.25) is 14.7 Å². The molecule has 0 aromatic heterocycles. The lowest BCUT2D eigenvalue weighted by Gasteiger charge is -2.15. The summed E-state index contributed by atoms with van der Waals surface area (Å²) in [5.74, 6) is 1.21. The summed E-state index contributed by atoms with van der Waals surface area (Å²) in [6, 6.07) is 34.0. The molecule has 1 aliphatic heterocycles. The molecular weight excluding hydrogens is 504 g/mol. The molecule has 5 nitrogen and oxygen atoms in total. The maximum atomic E-state index is 13.5. The van der Waals surface area contributed by atoms with Crippen LogP contribution in [0.5, 0.6) is 11.5 Å². The van der Waals surface area contributed by atoms with Gasteiger partial charge in [0, 0.05) is 0 Å². The number of rotatable bonds is 9. The first-order valence-electron chi connectivity index (χ1n) is 12.8. The standard InChI is InChI=1S/C33H30N2O3S/c1-24-10-9-15-28(18-24)23-38-29-17-16-27(19-30(29)37-2)20-31-32(36)35(22-26-13-7-4-8-14-26)33(39-31)34-21-25-11-5-3-6-12-25/h3-20H,21-23H2,1-2H3. The summed E-state index contributed by atoms with van der Waals surface area (Å²) in [6.07, 6.45) is 1.89. The van der Waals surface area contributed by atoms with Crippen molar-refractivity contribution >= 4 is 28.9 Å². The third-order valence-corrected chi connectivity index (χ3v) is 7.32. The smallest absolute Gasteiger partial charge is 0.267 e. The lowest BCUT2D eigenvalue weighted by Crippen LogP contribution is -2.28. The van der Waals surface area contributed by atoms with E-state index in [9.17, 15) is 4.79 Å². The first-order valence-corrected chi connectivity index (χ1v) is 13.6. The van der Waals surface area contributed by atoms with Crippen LogP contribution in [0.3, 0.4) is 0 Å². The van der Waals surface area contributed by atoms with Gasteiger partial charge >= 0.3 is 0 Å². The van der Waals surface area contributed by atoms with Crippen LogP contribution < -0.4 is 9.47 Å². The van der Waals surface area contributed by atoms with E-state index in [0.717, 1.165) is 22.3 Å². The number of carbonyl (C=O) groups is 1. The van der Waals surface area contributed by atoms with Crippen LogP contribution in [0.4, 0.5) is 0 Å². The van der Waals surface area contributed by atoms with Crippen LogP contribution >= 0.6 is 11.8 Å². The summed E-state index contributed by atoms with van der Waals surface area (Å²) < 4.78 is 11.7. The van der Waals surface area contributed by atoms with E-state index in [1.807, 2.05) is 97.1 Å². The van der Waals surface area contributed by atoms with E-state index >= 15 is 0 Å². The topological polar surface area (TPSA) is 51.1 Å². The van der Waals surface area contributed by atoms with Crippen molar-refractivity contribution in [3.05, 3.63) is 136 Å². The summed E-state index contributed by atoms with van der Waals surface area (Å²) >= 11 is 1.40. The Morgan fingerprint density at radius 3 is 2.26 bits per heavy atom. The van der Waals surface area contributed by atoms with Crippen LogP contribution in [0.1, 0.15) is 27.8 Å². The zero-order chi connectivity index (χ0) is 27.0. The highest BCUT2D eigenvalue weighted by molar-refractivity contribution is 8.18. The largest absolute Gasteiger partial charge is 0.493 e. The van der Waals surface area contributed by atoms with Gasteiger partial charge in [-0.15, -0.1) is 0 Å². The fourth-order valence-electron chi connectivity index (χ4n) is 4.28. The van der Waals surface area contributed by atoms with Crippen molar-refractivity contribution in [3.8, 4) is 11.5 Å². The molecule has 4 aromatic rings. The molecular formula is C33H30N2O3S. The highest BCUT2D eigenvalue weighted by Crippen LogP contribution is 2.36. The van der Waals surface area contributed by atoms with Crippen LogP contribution in [0.2, 0.25) is 0 Å². The molecule has 0 aliphatic carbocycles. The van der Waals surface area contributed by atoms with Crippen LogP contribution in [0, 0.1) is 6.92 Å². The Bertz CT molecular complexity index is 1500. The van der Waals surface area contributed by atoms with Gasteiger partial charge in [0.15, 0.2) is 16.7 Å². The van der Waals surface area contributed by atoms with E-state index in [1.165, 1.54) is 17.3 Å². The summed E-state index contributed by atoms with van der Waals surface area (Å²) in [4.78, 5) is 20.7. The highest BCUT2D eigenvalue weighted by atomic mass is 32.2. The number of aryl methyl sites for hydroxylation is 1. The van der Waals surface area contributed by atoms with Crippen LogP contribution in [0.25, 0.3) is 6.08 Å². The molecule has 6 heteroatoms. The van der Waals surface area contributed by atoms with E-state index < -0.39 is 0 Å². The molecule has 0 radical (unpaired) electrons. The summed E-state index contributed by atoms with van der Waals surface area (Å²) in [5.41, 5.74) is 5.29. The molecule has 1 heterocycles. The SMILES string of the molecule is COc1cc(C=C2SC(=NCc3ccccc3)N(Cc3ccccc3)C2=O)ccc1OCc1cccc(C)c1. The second kappa shape index (κ2) is 12.5. The minimum absolute atomic E-state index is 0.0607. The molecule has 0 saturated carbocycles. The van der Waals surface area contributed by atoms with E-state index in [2.05, 4.69) is 19.1 Å². The van der Waals surface area contributed by atoms with Crippen LogP contribution in [0.15, 0.2) is 113 Å². The molecule has 4 aromatic carbocycles. The van der Waals surface area contributed by atoms with Crippen molar-refractivity contribution in [3.63, 3.8) is 0 Å². The van der Waals surface area contributed by atoms with Gasteiger partial charge in [-0.05, 0) is 59.1 Å². The Morgan fingerprint density at radius 2 is 1.54 bits per heavy atom. The van der Waals surface area contributed by atoms with Crippen molar-refractivity contribution in [2.75, 3.05) is 7.11 Å². The maximum Gasteiger partial charge on any atom is 0.267 e. The van der Waals surface area contributed by atoms with E-state index in [-0.39, 0.29) is 5.91 Å². The maximum absolute atomic E-state index is 13.5. The highest BCUT2D eigenvalue weighted by Gasteiger charge is 2.33. The number of hydrogen-bond acceptors (Lipinski definition) is 5. The Balaban J connectivity index is 1.37. The van der Waals surface area contributed by atoms with Gasteiger partial charge < -0.3 is 9.47 Å². The average molecular weight is 535 g/mol. The number of amides is 1. The van der Waals surface area contributed by atoms with Crippen molar-refractivity contribution in [2.24, 2.45) is 4.99 Å². The van der Waals surface area contributed by atoms with Gasteiger partial charge in [0.25, 0.3) is 5.91 Å². The number of ether oxygens (including phenoxy) is 2. The van der Waals surface area contributed by atoms with Gasteiger partial charge in [0.2, 0.25) is 0 Å². The van der Waals surface area contributed by atoms with Crippen molar-refractivity contribution in [2.45, 2.75) is 26.6 Å². The Hall–Kier alpha value is -4.29. The monoisotopic (exact) mass is 534 g/mol. The minimum Gasteiger partial charge on any atom is -0.493 e. The molecule has 39 heavy (non-hydrogen) atoms. The molecule has 1 fully saturated rings. The third-order valence-electron chi connectivity index (χ3n) is 6.27. The van der Waals surface area contributed by atoms with Gasteiger partial charge in [-0.1, -0.05) is 96.6 Å². The van der Waals surface area contributed by atoms with Gasteiger partial charge in [-0.25, -0.2) is 0 Å². The number of amidine groups is 1. The van der Waals surface area contributed by atoms with Gasteiger partial charge in [0.1, 0.15) is 6.61 Å². The quantitative estimate of drug-likeness (QED) is 0.212. The fraction of sp³-hybridized carbons (Fsp3) is 0.152. The molecule has 1 aliphatic rings. The molecule has 0 bridgehead atoms. The van der Waals surface area contributed by atoms with Gasteiger partial charge in [-0.2, -0.15) is 0 Å². The van der Waals surface area contributed by atoms with E-state index in [0.29, 0.717) is 41.3 Å². The zero-order valence-electron chi connectivity index (χ0n) is 22.0. The molecule has 196 valence electrons. The number of hydrogen-bond donors (Lipinski definition) is 0. The van der Waals surface area contributed by atoms with Gasteiger partial charge in [0.05, 0.1) is 25.1 Å². The Labute approximate surface area is 233 Å². The number of methoxy groups -OCH3 is 1. The zero-order valence-corrected chi connectivity index (χ0v) is 22.9. The lowest BCUT2D eigenvalue weighted by molar-refractivity contribution is -0.122. The molecule has 0 unspecified atom stereocenters. The molecule has 1 amide bonds. The summed E-state index contributed by atoms with van der Waals surface area (Å²) in [6.45, 7) is 3.48. The van der Waals surface area contributed by atoms with E-state index in [1.54, 1.807) is 12.0 Å². The first kappa shape index (κ1) is 26.3. The molecule has 0 atom stereocenters. The van der Waals surface area contributed by atoms with Crippen molar-refractivity contribution in [1.82, 2.24) is 4.90 Å². The van der Waals surface area contributed by atoms with Crippen LogP contribution in [-0.4, -0.2) is 23.1 Å². The lowest BCUT2D eigenvalue weighted by atomic mass is 10.1.